The van der Waals surface area contributed by atoms with Gasteiger partial charge in [0.25, 0.3) is 0 Å². The maximum atomic E-state index is 14.4. The Bertz CT molecular complexity index is 962. The van der Waals surface area contributed by atoms with Crippen molar-refractivity contribution in [2.24, 2.45) is 11.3 Å². The lowest BCUT2D eigenvalue weighted by atomic mass is 9.80. The van der Waals surface area contributed by atoms with Gasteiger partial charge in [-0.15, -0.1) is 0 Å². The topological polar surface area (TPSA) is 52.0 Å². The molecule has 1 heterocycles. The Balaban J connectivity index is 0.000000247. The summed E-state index contributed by atoms with van der Waals surface area (Å²) in [6, 6.07) is 3.62. The van der Waals surface area contributed by atoms with Crippen LogP contribution in [0.5, 0.6) is 0 Å². The molecule has 176 valence electrons. The number of fused-ring (bicyclic) bond motifs is 1. The number of ketones is 2. The Morgan fingerprint density at radius 2 is 1.78 bits per heavy atom. The van der Waals surface area contributed by atoms with Gasteiger partial charge in [-0.05, 0) is 63.0 Å². The molecule has 1 aromatic carbocycles. The van der Waals surface area contributed by atoms with Crippen molar-refractivity contribution in [2.75, 3.05) is 0 Å². The van der Waals surface area contributed by atoms with Gasteiger partial charge < -0.3 is 4.57 Å². The van der Waals surface area contributed by atoms with Gasteiger partial charge >= 0.3 is 0 Å². The second-order valence-corrected chi connectivity index (χ2v) is 10.8. The monoisotopic (exact) mass is 442 g/mol. The molecule has 0 bridgehead atoms. The van der Waals surface area contributed by atoms with Crippen LogP contribution in [0.1, 0.15) is 103 Å². The number of hydrogen-bond acceptors (Lipinski definition) is 3. The number of carbonyl (C=O) groups is 2. The van der Waals surface area contributed by atoms with Crippen LogP contribution in [0.15, 0.2) is 12.1 Å². The fourth-order valence-corrected chi connectivity index (χ4v) is 4.62. The van der Waals surface area contributed by atoms with E-state index in [0.717, 1.165) is 68.2 Å². The number of benzene rings is 1. The zero-order valence-electron chi connectivity index (χ0n) is 20.5. The molecule has 2 fully saturated rings. The molecule has 0 N–H and O–H groups in total. The first kappa shape index (κ1) is 24.6. The Morgan fingerprint density at radius 3 is 2.28 bits per heavy atom. The molecule has 2 aliphatic rings. The maximum Gasteiger partial charge on any atom is 0.140 e. The van der Waals surface area contributed by atoms with Crippen molar-refractivity contribution in [1.29, 1.82) is 0 Å². The van der Waals surface area contributed by atoms with Crippen molar-refractivity contribution in [3.05, 3.63) is 29.3 Å². The predicted octanol–water partition coefficient (Wildman–Crippen LogP) is 6.91. The Morgan fingerprint density at radius 1 is 1.12 bits per heavy atom. The van der Waals surface area contributed by atoms with Crippen molar-refractivity contribution >= 4 is 22.6 Å². The quantitative estimate of drug-likeness (QED) is 0.468. The minimum atomic E-state index is -0.263. The molecule has 2 aliphatic carbocycles. The van der Waals surface area contributed by atoms with Gasteiger partial charge in [-0.1, -0.05) is 34.1 Å². The first-order valence-electron chi connectivity index (χ1n) is 12.3. The van der Waals surface area contributed by atoms with E-state index in [1.807, 2.05) is 13.8 Å². The zero-order valence-corrected chi connectivity index (χ0v) is 20.5. The van der Waals surface area contributed by atoms with Crippen molar-refractivity contribution < 1.29 is 14.0 Å². The molecular formula is C27H39FN2O2. The highest BCUT2D eigenvalue weighted by Crippen LogP contribution is 2.37. The highest BCUT2D eigenvalue weighted by Gasteiger charge is 2.29. The number of Topliss-reactive ketones (excluding diaryl/α,β-unsaturated/α-hetero) is 2. The second kappa shape index (κ2) is 10.3. The van der Waals surface area contributed by atoms with Gasteiger partial charge in [0, 0.05) is 36.8 Å². The number of halogens is 1. The summed E-state index contributed by atoms with van der Waals surface area (Å²) < 4.78 is 16.6. The van der Waals surface area contributed by atoms with E-state index in [2.05, 4.69) is 30.3 Å². The van der Waals surface area contributed by atoms with Crippen LogP contribution >= 0.6 is 0 Å². The normalized spacial score (nSPS) is 16.8. The van der Waals surface area contributed by atoms with Gasteiger partial charge in [-0.2, -0.15) is 0 Å². The number of aryl methyl sites for hydroxylation is 1. The van der Waals surface area contributed by atoms with E-state index in [9.17, 15) is 14.0 Å². The highest BCUT2D eigenvalue weighted by molar-refractivity contribution is 5.89. The van der Waals surface area contributed by atoms with Crippen LogP contribution in [-0.4, -0.2) is 21.1 Å². The van der Waals surface area contributed by atoms with Gasteiger partial charge in [0.05, 0.1) is 11.0 Å². The van der Waals surface area contributed by atoms with Crippen LogP contribution in [0.3, 0.4) is 0 Å². The first-order chi connectivity index (χ1) is 15.1. The molecular weight excluding hydrogens is 403 g/mol. The van der Waals surface area contributed by atoms with Crippen LogP contribution < -0.4 is 0 Å². The molecule has 0 aliphatic heterocycles. The van der Waals surface area contributed by atoms with E-state index in [1.165, 1.54) is 12.5 Å². The summed E-state index contributed by atoms with van der Waals surface area (Å²) in [7, 11) is 0. The SMILES string of the molecule is CCCC(=O)CC(C)(C)C.Cc1nc2ccc(F)c(CC(=O)C3CCC3)c2n1C1CCC1. The van der Waals surface area contributed by atoms with Crippen LogP contribution in [0.25, 0.3) is 11.0 Å². The molecule has 0 amide bonds. The smallest absolute Gasteiger partial charge is 0.140 e. The lowest BCUT2D eigenvalue weighted by Gasteiger charge is -2.29. The molecule has 0 atom stereocenters. The Hall–Kier alpha value is -2.04. The molecule has 5 heteroatoms. The van der Waals surface area contributed by atoms with E-state index in [1.54, 1.807) is 6.07 Å². The molecule has 4 rings (SSSR count). The molecule has 0 unspecified atom stereocenters. The lowest BCUT2D eigenvalue weighted by Crippen LogP contribution is -2.24. The minimum Gasteiger partial charge on any atom is -0.325 e. The molecule has 2 aromatic rings. The van der Waals surface area contributed by atoms with Gasteiger partial charge in [0.2, 0.25) is 0 Å². The van der Waals surface area contributed by atoms with Crippen LogP contribution in [0, 0.1) is 24.1 Å². The highest BCUT2D eigenvalue weighted by atomic mass is 19.1. The number of aromatic nitrogens is 2. The summed E-state index contributed by atoms with van der Waals surface area (Å²) in [6.45, 7) is 10.3. The molecule has 32 heavy (non-hydrogen) atoms. The van der Waals surface area contributed by atoms with E-state index in [0.29, 0.717) is 17.4 Å². The Labute approximate surface area is 192 Å². The zero-order chi connectivity index (χ0) is 23.5. The maximum absolute atomic E-state index is 14.4. The number of imidazole rings is 1. The molecule has 0 spiro atoms. The van der Waals surface area contributed by atoms with E-state index >= 15 is 0 Å². The number of rotatable bonds is 7. The van der Waals surface area contributed by atoms with E-state index < -0.39 is 0 Å². The number of hydrogen-bond donors (Lipinski definition) is 0. The average Bonchev–Trinajstić information content (AvgIpc) is 2.90. The third kappa shape index (κ3) is 5.85. The summed E-state index contributed by atoms with van der Waals surface area (Å²) >= 11 is 0. The fraction of sp³-hybridized carbons (Fsp3) is 0.667. The van der Waals surface area contributed by atoms with Crippen molar-refractivity contribution in [3.63, 3.8) is 0 Å². The van der Waals surface area contributed by atoms with Crippen molar-refractivity contribution in [2.45, 2.75) is 105 Å². The van der Waals surface area contributed by atoms with Crippen LogP contribution in [-0.2, 0) is 16.0 Å². The molecule has 1 aromatic heterocycles. The predicted molar refractivity (Wildman–Crippen MR) is 127 cm³/mol. The summed E-state index contributed by atoms with van der Waals surface area (Å²) in [5.41, 5.74) is 2.41. The van der Waals surface area contributed by atoms with E-state index in [4.69, 9.17) is 0 Å². The molecule has 2 saturated carbocycles. The summed E-state index contributed by atoms with van der Waals surface area (Å²) in [4.78, 5) is 28.0. The second-order valence-electron chi connectivity index (χ2n) is 10.8. The summed E-state index contributed by atoms with van der Waals surface area (Å²) in [6.07, 6.45) is 9.20. The van der Waals surface area contributed by atoms with Gasteiger partial charge in [-0.3, -0.25) is 9.59 Å². The largest absolute Gasteiger partial charge is 0.325 e. The summed E-state index contributed by atoms with van der Waals surface area (Å²) in [5, 5.41) is 0. The third-order valence-electron chi connectivity index (χ3n) is 6.68. The number of carbonyl (C=O) groups excluding carboxylic acids is 2. The van der Waals surface area contributed by atoms with Gasteiger partial charge in [0.1, 0.15) is 23.2 Å². The Kier molecular flexibility index (Phi) is 7.89. The standard InChI is InChI=1S/C18H21FN2O.C9H18O/c1-11-20-16-9-8-15(19)14(10-17(22)12-4-2-5-12)18(16)21(11)13-6-3-7-13;1-5-6-8(10)7-9(2,3)4/h8-9,12-13H,2-7,10H2,1H3;5-7H2,1-4H3. The minimum absolute atomic E-state index is 0.149. The molecule has 4 nitrogen and oxygen atoms in total. The van der Waals surface area contributed by atoms with Crippen LogP contribution in [0.4, 0.5) is 4.39 Å². The van der Waals surface area contributed by atoms with Crippen molar-refractivity contribution in [3.8, 4) is 0 Å². The molecule has 0 saturated heterocycles. The third-order valence-corrected chi connectivity index (χ3v) is 6.68. The van der Waals surface area contributed by atoms with Crippen LogP contribution in [0.2, 0.25) is 0 Å². The lowest BCUT2D eigenvalue weighted by molar-refractivity contribution is -0.124. The molecule has 0 radical (unpaired) electrons. The number of nitrogens with zero attached hydrogens (tertiary/aromatic N) is 2. The van der Waals surface area contributed by atoms with Gasteiger partial charge in [-0.25, -0.2) is 9.37 Å². The fourth-order valence-electron chi connectivity index (χ4n) is 4.62. The summed E-state index contributed by atoms with van der Waals surface area (Å²) in [5.74, 6) is 1.41. The van der Waals surface area contributed by atoms with E-state index in [-0.39, 0.29) is 29.4 Å². The average molecular weight is 443 g/mol. The first-order valence-corrected chi connectivity index (χ1v) is 12.3. The van der Waals surface area contributed by atoms with Crippen molar-refractivity contribution in [1.82, 2.24) is 9.55 Å². The van der Waals surface area contributed by atoms with Gasteiger partial charge in [0.15, 0.2) is 0 Å².